The molecule has 3 nitrogen and oxygen atoms in total. The number of benzene rings is 1. The van der Waals surface area contributed by atoms with Crippen molar-refractivity contribution in [2.24, 2.45) is 12.8 Å². The highest BCUT2D eigenvalue weighted by atomic mass is 79.9. The Morgan fingerprint density at radius 1 is 1.47 bits per heavy atom. The van der Waals surface area contributed by atoms with Gasteiger partial charge in [-0.3, -0.25) is 4.68 Å². The van der Waals surface area contributed by atoms with E-state index < -0.39 is 0 Å². The van der Waals surface area contributed by atoms with Gasteiger partial charge in [0, 0.05) is 7.05 Å². The molecule has 0 aliphatic carbocycles. The zero-order valence-electron chi connectivity index (χ0n) is 9.61. The molecule has 1 aromatic carbocycles. The smallest absolute Gasteiger partial charge is 0.123 e. The average Bonchev–Trinajstić information content (AvgIpc) is 2.58. The van der Waals surface area contributed by atoms with E-state index in [0.717, 1.165) is 21.3 Å². The molecule has 0 aliphatic rings. The Bertz CT molecular complexity index is 531. The van der Waals surface area contributed by atoms with Crippen molar-refractivity contribution in [3.05, 3.63) is 51.5 Å². The molecule has 1 atom stereocenters. The summed E-state index contributed by atoms with van der Waals surface area (Å²) in [5.74, 6) is -0.248. The van der Waals surface area contributed by atoms with Crippen LogP contribution >= 0.6 is 15.9 Å². The molecule has 17 heavy (non-hydrogen) atoms. The van der Waals surface area contributed by atoms with Crippen molar-refractivity contribution in [3.8, 4) is 0 Å². The molecular formula is C12H13BrFN3. The van der Waals surface area contributed by atoms with Crippen molar-refractivity contribution in [3.63, 3.8) is 0 Å². The standard InChI is InChI=1S/C12H13BrFN3/c1-7-5-8(14)3-4-9(7)11(15)12-10(13)6-16-17(12)2/h3-6,11H,15H2,1-2H3. The van der Waals surface area contributed by atoms with E-state index in [4.69, 9.17) is 5.73 Å². The SMILES string of the molecule is Cc1cc(F)ccc1C(N)c1c(Br)cnn1C. The molecule has 2 rings (SSSR count). The quantitative estimate of drug-likeness (QED) is 0.926. The lowest BCUT2D eigenvalue weighted by Gasteiger charge is -2.16. The zero-order chi connectivity index (χ0) is 12.6. The first-order valence-corrected chi connectivity index (χ1v) is 5.99. The maximum absolute atomic E-state index is 13.0. The van der Waals surface area contributed by atoms with Crippen molar-refractivity contribution in [2.75, 3.05) is 0 Å². The molecule has 2 N–H and O–H groups in total. The lowest BCUT2D eigenvalue weighted by atomic mass is 9.99. The van der Waals surface area contributed by atoms with Crippen LogP contribution in [-0.2, 0) is 7.05 Å². The van der Waals surface area contributed by atoms with E-state index >= 15 is 0 Å². The minimum Gasteiger partial charge on any atom is -0.319 e. The van der Waals surface area contributed by atoms with Crippen molar-refractivity contribution in [1.82, 2.24) is 9.78 Å². The zero-order valence-corrected chi connectivity index (χ0v) is 11.2. The second-order valence-corrected chi connectivity index (χ2v) is 4.83. The third kappa shape index (κ3) is 2.25. The highest BCUT2D eigenvalue weighted by Crippen LogP contribution is 2.28. The number of aromatic nitrogens is 2. The van der Waals surface area contributed by atoms with Crippen LogP contribution in [0.15, 0.2) is 28.9 Å². The monoisotopic (exact) mass is 297 g/mol. The molecule has 0 fully saturated rings. The number of rotatable bonds is 2. The van der Waals surface area contributed by atoms with Gasteiger partial charge in [0.1, 0.15) is 5.82 Å². The van der Waals surface area contributed by atoms with E-state index in [-0.39, 0.29) is 11.9 Å². The van der Waals surface area contributed by atoms with E-state index in [1.807, 2.05) is 14.0 Å². The molecule has 0 bridgehead atoms. The summed E-state index contributed by atoms with van der Waals surface area (Å²) in [6.07, 6.45) is 1.70. The minimum atomic E-state index is -0.322. The third-order valence-electron chi connectivity index (χ3n) is 2.80. The van der Waals surface area contributed by atoms with Gasteiger partial charge in [0.2, 0.25) is 0 Å². The van der Waals surface area contributed by atoms with Gasteiger partial charge in [0.25, 0.3) is 0 Å². The van der Waals surface area contributed by atoms with Gasteiger partial charge in [0.15, 0.2) is 0 Å². The van der Waals surface area contributed by atoms with Crippen LogP contribution in [0.1, 0.15) is 22.9 Å². The van der Waals surface area contributed by atoms with E-state index in [1.54, 1.807) is 16.9 Å². The van der Waals surface area contributed by atoms with Crippen LogP contribution < -0.4 is 5.73 Å². The fourth-order valence-electron chi connectivity index (χ4n) is 1.91. The molecule has 0 radical (unpaired) electrons. The van der Waals surface area contributed by atoms with Crippen LogP contribution in [0.4, 0.5) is 4.39 Å². The number of halogens is 2. The third-order valence-corrected chi connectivity index (χ3v) is 3.41. The van der Waals surface area contributed by atoms with Gasteiger partial charge in [0.05, 0.1) is 22.4 Å². The van der Waals surface area contributed by atoms with Crippen LogP contribution in [0.2, 0.25) is 0 Å². The molecule has 1 unspecified atom stereocenters. The number of hydrogen-bond donors (Lipinski definition) is 1. The first kappa shape index (κ1) is 12.3. The van der Waals surface area contributed by atoms with Gasteiger partial charge in [-0.25, -0.2) is 4.39 Å². The van der Waals surface area contributed by atoms with Gasteiger partial charge in [-0.2, -0.15) is 5.10 Å². The Balaban J connectivity index is 2.47. The summed E-state index contributed by atoms with van der Waals surface area (Å²) < 4.78 is 15.6. The van der Waals surface area contributed by atoms with Gasteiger partial charge < -0.3 is 5.73 Å². The molecule has 90 valence electrons. The number of hydrogen-bond acceptors (Lipinski definition) is 2. The largest absolute Gasteiger partial charge is 0.319 e. The molecule has 0 aliphatic heterocycles. The minimum absolute atomic E-state index is 0.248. The maximum Gasteiger partial charge on any atom is 0.123 e. The molecule has 0 amide bonds. The van der Waals surface area contributed by atoms with Crippen LogP contribution in [0.5, 0.6) is 0 Å². The summed E-state index contributed by atoms with van der Waals surface area (Å²) in [4.78, 5) is 0. The van der Waals surface area contributed by atoms with Gasteiger partial charge >= 0.3 is 0 Å². The number of nitrogens with zero attached hydrogens (tertiary/aromatic N) is 2. The fraction of sp³-hybridized carbons (Fsp3) is 0.250. The van der Waals surface area contributed by atoms with E-state index in [2.05, 4.69) is 21.0 Å². The molecule has 0 spiro atoms. The summed E-state index contributed by atoms with van der Waals surface area (Å²) in [7, 11) is 1.83. The van der Waals surface area contributed by atoms with E-state index in [0.29, 0.717) is 0 Å². The molecule has 1 aromatic heterocycles. The van der Waals surface area contributed by atoms with E-state index in [1.165, 1.54) is 12.1 Å². The van der Waals surface area contributed by atoms with Gasteiger partial charge in [-0.15, -0.1) is 0 Å². The lowest BCUT2D eigenvalue weighted by Crippen LogP contribution is -2.17. The first-order chi connectivity index (χ1) is 8.00. The van der Waals surface area contributed by atoms with Crippen LogP contribution in [0.25, 0.3) is 0 Å². The maximum atomic E-state index is 13.0. The highest BCUT2D eigenvalue weighted by Gasteiger charge is 2.18. The predicted octanol–water partition coefficient (Wildman–Crippen LogP) is 2.68. The Hall–Kier alpha value is -1.20. The summed E-state index contributed by atoms with van der Waals surface area (Å²) in [6.45, 7) is 1.85. The molecule has 5 heteroatoms. The predicted molar refractivity (Wildman–Crippen MR) is 68.1 cm³/mol. The van der Waals surface area contributed by atoms with E-state index in [9.17, 15) is 4.39 Å². The Morgan fingerprint density at radius 3 is 2.71 bits per heavy atom. The van der Waals surface area contributed by atoms with Crippen molar-refractivity contribution in [1.29, 1.82) is 0 Å². The second kappa shape index (κ2) is 4.58. The first-order valence-electron chi connectivity index (χ1n) is 5.19. The van der Waals surface area contributed by atoms with Crippen LogP contribution in [0, 0.1) is 12.7 Å². The summed E-state index contributed by atoms with van der Waals surface area (Å²) in [5, 5.41) is 4.13. The summed E-state index contributed by atoms with van der Waals surface area (Å²) >= 11 is 3.42. The fourth-order valence-corrected chi connectivity index (χ4v) is 2.50. The number of nitrogens with two attached hydrogens (primary N) is 1. The summed E-state index contributed by atoms with van der Waals surface area (Å²) in [5.41, 5.74) is 8.81. The molecule has 0 saturated heterocycles. The molecule has 2 aromatic rings. The normalized spacial score (nSPS) is 12.8. The summed E-state index contributed by atoms with van der Waals surface area (Å²) in [6, 6.07) is 4.30. The second-order valence-electron chi connectivity index (χ2n) is 3.98. The number of aryl methyl sites for hydroxylation is 2. The molecule has 1 heterocycles. The van der Waals surface area contributed by atoms with Gasteiger partial charge in [-0.05, 0) is 46.1 Å². The molecule has 0 saturated carbocycles. The van der Waals surface area contributed by atoms with Crippen molar-refractivity contribution in [2.45, 2.75) is 13.0 Å². The van der Waals surface area contributed by atoms with Crippen molar-refractivity contribution < 1.29 is 4.39 Å². The average molecular weight is 298 g/mol. The van der Waals surface area contributed by atoms with Gasteiger partial charge in [-0.1, -0.05) is 6.07 Å². The van der Waals surface area contributed by atoms with Crippen molar-refractivity contribution >= 4 is 15.9 Å². The topological polar surface area (TPSA) is 43.8 Å². The molecular weight excluding hydrogens is 285 g/mol. The van der Waals surface area contributed by atoms with Crippen LogP contribution in [0.3, 0.4) is 0 Å². The van der Waals surface area contributed by atoms with Crippen LogP contribution in [-0.4, -0.2) is 9.78 Å². The highest BCUT2D eigenvalue weighted by molar-refractivity contribution is 9.10. The lowest BCUT2D eigenvalue weighted by molar-refractivity contribution is 0.622. The Kier molecular flexibility index (Phi) is 3.31. The Labute approximate surface area is 108 Å². The Morgan fingerprint density at radius 2 is 2.18 bits per heavy atom.